The van der Waals surface area contributed by atoms with Gasteiger partial charge in [0.1, 0.15) is 11.4 Å². The topological polar surface area (TPSA) is 92.2 Å². The van der Waals surface area contributed by atoms with E-state index in [9.17, 15) is 9.59 Å². The number of hydrogen-bond acceptors (Lipinski definition) is 4. The summed E-state index contributed by atoms with van der Waals surface area (Å²) in [5.41, 5.74) is 0.414. The van der Waals surface area contributed by atoms with E-state index in [4.69, 9.17) is 16.7 Å². The first-order valence-electron chi connectivity index (χ1n) is 5.52. The molecule has 0 aliphatic carbocycles. The zero-order valence-electron chi connectivity index (χ0n) is 10.6. The molecule has 1 amide bonds. The molecule has 7 heteroatoms. The molecular formula is C13H12ClN3O3. The number of pyridine rings is 2. The molecule has 0 saturated carbocycles. The number of halogens is 1. The second-order valence-corrected chi connectivity index (χ2v) is 3.89. The largest absolute Gasteiger partial charge is 0.477 e. The highest BCUT2D eigenvalue weighted by Crippen LogP contribution is 2.07. The van der Waals surface area contributed by atoms with Crippen LogP contribution >= 0.6 is 11.6 Å². The molecule has 6 nitrogen and oxygen atoms in total. The highest BCUT2D eigenvalue weighted by molar-refractivity contribution is 6.30. The van der Waals surface area contributed by atoms with Crippen LogP contribution in [0.5, 0.6) is 0 Å². The van der Waals surface area contributed by atoms with E-state index in [0.29, 0.717) is 10.7 Å². The van der Waals surface area contributed by atoms with Gasteiger partial charge in [-0.25, -0.2) is 9.78 Å². The Morgan fingerprint density at radius 2 is 1.85 bits per heavy atom. The van der Waals surface area contributed by atoms with Crippen molar-refractivity contribution in [3.05, 3.63) is 59.1 Å². The molecule has 0 radical (unpaired) electrons. The maximum atomic E-state index is 10.9. The summed E-state index contributed by atoms with van der Waals surface area (Å²) in [7, 11) is 1.55. The Morgan fingerprint density at radius 1 is 1.15 bits per heavy atom. The van der Waals surface area contributed by atoms with Crippen LogP contribution in [0.3, 0.4) is 0 Å². The molecule has 2 rings (SSSR count). The van der Waals surface area contributed by atoms with Gasteiger partial charge >= 0.3 is 5.97 Å². The van der Waals surface area contributed by atoms with Gasteiger partial charge in [0.2, 0.25) is 0 Å². The van der Waals surface area contributed by atoms with Gasteiger partial charge in [-0.05, 0) is 24.3 Å². The normalized spacial score (nSPS) is 9.10. The van der Waals surface area contributed by atoms with Crippen LogP contribution in [0.25, 0.3) is 0 Å². The number of nitrogens with zero attached hydrogens (tertiary/aromatic N) is 2. The number of nitrogens with one attached hydrogen (secondary N) is 1. The lowest BCUT2D eigenvalue weighted by molar-refractivity contribution is 0.0690. The number of hydrogen-bond donors (Lipinski definition) is 2. The van der Waals surface area contributed by atoms with E-state index in [0.717, 1.165) is 0 Å². The lowest BCUT2D eigenvalue weighted by Gasteiger charge is -1.97. The van der Waals surface area contributed by atoms with E-state index < -0.39 is 5.97 Å². The van der Waals surface area contributed by atoms with Crippen LogP contribution in [0.1, 0.15) is 21.0 Å². The number of carboxylic acids is 1. The minimum absolute atomic E-state index is 0.0810. The third kappa shape index (κ3) is 5.03. The standard InChI is InChI=1S/C7H7ClN2O.C6H5NO2/c1-9-7(11)6-4-5(8)2-3-10-6;8-6(9)5-3-1-2-4-7-5/h2-4H,1H3,(H,9,11);1-4H,(H,8,9). The van der Waals surface area contributed by atoms with Gasteiger partial charge in [0.25, 0.3) is 5.91 Å². The average molecular weight is 294 g/mol. The minimum Gasteiger partial charge on any atom is -0.477 e. The van der Waals surface area contributed by atoms with Crippen LogP contribution in [0.4, 0.5) is 0 Å². The van der Waals surface area contributed by atoms with Crippen LogP contribution in [0.15, 0.2) is 42.7 Å². The maximum absolute atomic E-state index is 10.9. The molecule has 2 aromatic rings. The summed E-state index contributed by atoms with van der Waals surface area (Å²) in [5, 5.41) is 11.3. The fourth-order valence-corrected chi connectivity index (χ4v) is 1.31. The van der Waals surface area contributed by atoms with E-state index >= 15 is 0 Å². The number of carbonyl (C=O) groups excluding carboxylic acids is 1. The fourth-order valence-electron chi connectivity index (χ4n) is 1.15. The van der Waals surface area contributed by atoms with Crippen molar-refractivity contribution in [1.82, 2.24) is 15.3 Å². The molecule has 0 aliphatic rings. The molecule has 2 N–H and O–H groups in total. The van der Waals surface area contributed by atoms with Crippen molar-refractivity contribution in [3.63, 3.8) is 0 Å². The zero-order chi connectivity index (χ0) is 15.0. The van der Waals surface area contributed by atoms with Crippen molar-refractivity contribution in [2.45, 2.75) is 0 Å². The Hall–Kier alpha value is -2.47. The first kappa shape index (κ1) is 15.6. The minimum atomic E-state index is -0.990. The highest BCUT2D eigenvalue weighted by atomic mass is 35.5. The molecular weight excluding hydrogens is 282 g/mol. The smallest absolute Gasteiger partial charge is 0.354 e. The van der Waals surface area contributed by atoms with Crippen LogP contribution in [-0.2, 0) is 0 Å². The first-order valence-corrected chi connectivity index (χ1v) is 5.90. The van der Waals surface area contributed by atoms with Crippen LogP contribution in [-0.4, -0.2) is 34.0 Å². The molecule has 0 spiro atoms. The van der Waals surface area contributed by atoms with Crippen molar-refractivity contribution in [2.75, 3.05) is 7.05 Å². The molecule has 0 aromatic carbocycles. The quantitative estimate of drug-likeness (QED) is 0.882. The molecule has 0 atom stereocenters. The number of amides is 1. The molecule has 0 unspecified atom stereocenters. The predicted molar refractivity (Wildman–Crippen MR) is 73.8 cm³/mol. The van der Waals surface area contributed by atoms with Gasteiger partial charge in [-0.3, -0.25) is 9.78 Å². The lowest BCUT2D eigenvalue weighted by Crippen LogP contribution is -2.18. The van der Waals surface area contributed by atoms with E-state index in [-0.39, 0.29) is 11.6 Å². The molecule has 2 aromatic heterocycles. The van der Waals surface area contributed by atoms with Crippen LogP contribution in [0.2, 0.25) is 5.02 Å². The number of carboxylic acid groups (broad SMARTS) is 1. The summed E-state index contributed by atoms with van der Waals surface area (Å²) >= 11 is 5.63. The first-order chi connectivity index (χ1) is 9.54. The summed E-state index contributed by atoms with van der Waals surface area (Å²) in [5.74, 6) is -1.22. The third-order valence-electron chi connectivity index (χ3n) is 2.07. The second-order valence-electron chi connectivity index (χ2n) is 3.46. The number of carbonyl (C=O) groups is 2. The predicted octanol–water partition coefficient (Wildman–Crippen LogP) is 1.87. The van der Waals surface area contributed by atoms with Crippen molar-refractivity contribution >= 4 is 23.5 Å². The summed E-state index contributed by atoms with van der Waals surface area (Å²) in [6, 6.07) is 7.89. The van der Waals surface area contributed by atoms with E-state index in [1.165, 1.54) is 24.5 Å². The van der Waals surface area contributed by atoms with Gasteiger partial charge in [-0.2, -0.15) is 0 Å². The molecule has 104 valence electrons. The van der Waals surface area contributed by atoms with E-state index in [1.807, 2.05) is 0 Å². The SMILES string of the molecule is CNC(=O)c1cc(Cl)ccn1.O=C(O)c1ccccn1. The Balaban J connectivity index is 0.000000204. The Morgan fingerprint density at radius 3 is 2.30 bits per heavy atom. The van der Waals surface area contributed by atoms with Gasteiger partial charge < -0.3 is 10.4 Å². The second kappa shape index (κ2) is 7.85. The molecule has 0 aliphatic heterocycles. The fraction of sp³-hybridized carbons (Fsp3) is 0.0769. The summed E-state index contributed by atoms with van der Waals surface area (Å²) in [6.07, 6.45) is 2.94. The number of aromatic nitrogens is 2. The molecule has 0 fully saturated rings. The monoisotopic (exact) mass is 293 g/mol. The summed E-state index contributed by atoms with van der Waals surface area (Å²) in [6.45, 7) is 0. The Labute approximate surface area is 120 Å². The van der Waals surface area contributed by atoms with E-state index in [1.54, 1.807) is 25.2 Å². The van der Waals surface area contributed by atoms with Crippen LogP contribution < -0.4 is 5.32 Å². The number of rotatable bonds is 2. The summed E-state index contributed by atoms with van der Waals surface area (Å²) in [4.78, 5) is 28.5. The third-order valence-corrected chi connectivity index (χ3v) is 2.30. The Bertz CT molecular complexity index is 590. The van der Waals surface area contributed by atoms with Gasteiger partial charge in [0.05, 0.1) is 0 Å². The molecule has 20 heavy (non-hydrogen) atoms. The van der Waals surface area contributed by atoms with Gasteiger partial charge in [-0.15, -0.1) is 0 Å². The van der Waals surface area contributed by atoms with Gasteiger partial charge in [-0.1, -0.05) is 17.7 Å². The van der Waals surface area contributed by atoms with Crippen molar-refractivity contribution < 1.29 is 14.7 Å². The van der Waals surface area contributed by atoms with Gasteiger partial charge in [0, 0.05) is 24.5 Å². The van der Waals surface area contributed by atoms with Crippen molar-refractivity contribution in [3.8, 4) is 0 Å². The molecule has 0 saturated heterocycles. The molecule has 0 bridgehead atoms. The highest BCUT2D eigenvalue weighted by Gasteiger charge is 2.03. The number of aromatic carboxylic acids is 1. The van der Waals surface area contributed by atoms with Gasteiger partial charge in [0.15, 0.2) is 0 Å². The zero-order valence-corrected chi connectivity index (χ0v) is 11.3. The maximum Gasteiger partial charge on any atom is 0.354 e. The van der Waals surface area contributed by atoms with Crippen molar-refractivity contribution in [2.24, 2.45) is 0 Å². The lowest BCUT2D eigenvalue weighted by atomic mass is 10.3. The van der Waals surface area contributed by atoms with Crippen LogP contribution in [0, 0.1) is 0 Å². The van der Waals surface area contributed by atoms with Crippen molar-refractivity contribution in [1.29, 1.82) is 0 Å². The Kier molecular flexibility index (Phi) is 6.12. The van der Waals surface area contributed by atoms with E-state index in [2.05, 4.69) is 15.3 Å². The average Bonchev–Trinajstić information content (AvgIpc) is 2.48. The summed E-state index contributed by atoms with van der Waals surface area (Å²) < 4.78 is 0. The molecule has 2 heterocycles.